The average molecular weight is 283 g/mol. The van der Waals surface area contributed by atoms with Gasteiger partial charge in [-0.1, -0.05) is 12.1 Å². The minimum Gasteiger partial charge on any atom is -0.330 e. The van der Waals surface area contributed by atoms with Crippen molar-refractivity contribution >= 4 is 11.0 Å². The lowest BCUT2D eigenvalue weighted by Gasteiger charge is -2.13. The molecule has 5 nitrogen and oxygen atoms in total. The molecule has 5 heteroatoms. The zero-order chi connectivity index (χ0) is 14.8. The summed E-state index contributed by atoms with van der Waals surface area (Å²) in [6.45, 7) is 3.06. The molecule has 0 fully saturated rings. The molecule has 0 amide bonds. The molecule has 0 aliphatic heterocycles. The summed E-state index contributed by atoms with van der Waals surface area (Å²) in [6.07, 6.45) is 2.80. The zero-order valence-corrected chi connectivity index (χ0v) is 12.7. The monoisotopic (exact) mass is 283 g/mol. The van der Waals surface area contributed by atoms with Crippen molar-refractivity contribution in [2.45, 2.75) is 19.4 Å². The molecule has 1 atom stereocenters. The van der Waals surface area contributed by atoms with Crippen LogP contribution in [-0.2, 0) is 20.5 Å². The van der Waals surface area contributed by atoms with E-state index in [-0.39, 0.29) is 6.04 Å². The maximum Gasteiger partial charge on any atom is 0.126 e. The standard InChI is InChI=1S/C16H21N5/c1-12(17-10-8-13-9-11-18-21(13)3)16-19-14-6-4-5-7-15(14)20(16)2/h4-7,9,11-12,17H,8,10H2,1-3H3. The van der Waals surface area contributed by atoms with E-state index >= 15 is 0 Å². The fraction of sp³-hybridized carbons (Fsp3) is 0.375. The van der Waals surface area contributed by atoms with Gasteiger partial charge in [-0.2, -0.15) is 5.10 Å². The summed E-state index contributed by atoms with van der Waals surface area (Å²) in [5.41, 5.74) is 3.46. The van der Waals surface area contributed by atoms with Gasteiger partial charge in [0.15, 0.2) is 0 Å². The van der Waals surface area contributed by atoms with Gasteiger partial charge in [0.25, 0.3) is 0 Å². The van der Waals surface area contributed by atoms with Gasteiger partial charge >= 0.3 is 0 Å². The van der Waals surface area contributed by atoms with Crippen LogP contribution in [0.2, 0.25) is 0 Å². The first-order valence-corrected chi connectivity index (χ1v) is 7.28. The molecule has 0 spiro atoms. The SMILES string of the molecule is CC(NCCc1ccnn1C)c1nc2ccccc2n1C. The molecule has 0 radical (unpaired) electrons. The quantitative estimate of drug-likeness (QED) is 0.781. The van der Waals surface area contributed by atoms with E-state index in [1.165, 1.54) is 11.2 Å². The first-order valence-electron chi connectivity index (χ1n) is 7.28. The summed E-state index contributed by atoms with van der Waals surface area (Å²) in [7, 11) is 4.05. The average Bonchev–Trinajstić information content (AvgIpc) is 3.04. The van der Waals surface area contributed by atoms with Gasteiger partial charge in [-0.05, 0) is 25.1 Å². The summed E-state index contributed by atoms with van der Waals surface area (Å²) in [5, 5.41) is 7.73. The van der Waals surface area contributed by atoms with Crippen molar-refractivity contribution in [2.75, 3.05) is 6.54 Å². The second-order valence-electron chi connectivity index (χ2n) is 5.39. The molecular formula is C16H21N5. The third-order valence-electron chi connectivity index (χ3n) is 3.96. The summed E-state index contributed by atoms with van der Waals surface area (Å²) >= 11 is 0. The number of nitrogens with zero attached hydrogens (tertiary/aromatic N) is 4. The normalized spacial score (nSPS) is 12.9. The molecule has 2 aromatic heterocycles. The van der Waals surface area contributed by atoms with Gasteiger partial charge in [-0.15, -0.1) is 0 Å². The van der Waals surface area contributed by atoms with Crippen LogP contribution in [-0.4, -0.2) is 25.9 Å². The van der Waals surface area contributed by atoms with E-state index in [2.05, 4.69) is 47.2 Å². The third kappa shape index (κ3) is 2.69. The van der Waals surface area contributed by atoms with Crippen LogP contribution in [0.4, 0.5) is 0 Å². The molecule has 0 bridgehead atoms. The van der Waals surface area contributed by atoms with Crippen LogP contribution in [0.5, 0.6) is 0 Å². The van der Waals surface area contributed by atoms with Gasteiger partial charge in [0.05, 0.1) is 17.1 Å². The van der Waals surface area contributed by atoms with Crippen molar-refractivity contribution < 1.29 is 0 Å². The maximum absolute atomic E-state index is 4.73. The second-order valence-corrected chi connectivity index (χ2v) is 5.39. The van der Waals surface area contributed by atoms with Gasteiger partial charge in [-0.25, -0.2) is 4.98 Å². The fourth-order valence-corrected chi connectivity index (χ4v) is 2.71. The van der Waals surface area contributed by atoms with Gasteiger partial charge < -0.3 is 9.88 Å². The number of rotatable bonds is 5. The van der Waals surface area contributed by atoms with Gasteiger partial charge in [0.1, 0.15) is 5.82 Å². The number of benzene rings is 1. The zero-order valence-electron chi connectivity index (χ0n) is 12.7. The van der Waals surface area contributed by atoms with Crippen LogP contribution in [0.25, 0.3) is 11.0 Å². The predicted molar refractivity (Wildman–Crippen MR) is 84.0 cm³/mol. The van der Waals surface area contributed by atoms with Crippen LogP contribution in [0, 0.1) is 0 Å². The van der Waals surface area contributed by atoms with Gasteiger partial charge in [0, 0.05) is 39.0 Å². The summed E-state index contributed by atoms with van der Waals surface area (Å²) in [6, 6.07) is 10.5. The second kappa shape index (κ2) is 5.69. The highest BCUT2D eigenvalue weighted by Gasteiger charge is 2.13. The molecule has 21 heavy (non-hydrogen) atoms. The molecular weight excluding hydrogens is 262 g/mol. The molecule has 0 aliphatic rings. The Hall–Kier alpha value is -2.14. The predicted octanol–water partition coefficient (Wildman–Crippen LogP) is 2.20. The largest absolute Gasteiger partial charge is 0.330 e. The molecule has 110 valence electrons. The molecule has 1 unspecified atom stereocenters. The van der Waals surface area contributed by atoms with E-state index in [0.717, 1.165) is 24.3 Å². The summed E-state index contributed by atoms with van der Waals surface area (Å²) in [4.78, 5) is 4.73. The van der Waals surface area contributed by atoms with Crippen LogP contribution < -0.4 is 5.32 Å². The number of aryl methyl sites for hydroxylation is 2. The van der Waals surface area contributed by atoms with E-state index < -0.39 is 0 Å². The molecule has 0 saturated carbocycles. The Morgan fingerprint density at radius 2 is 2.00 bits per heavy atom. The minimum absolute atomic E-state index is 0.218. The van der Waals surface area contributed by atoms with Crippen molar-refractivity contribution in [1.82, 2.24) is 24.6 Å². The fourth-order valence-electron chi connectivity index (χ4n) is 2.71. The third-order valence-corrected chi connectivity index (χ3v) is 3.96. The van der Waals surface area contributed by atoms with Crippen LogP contribution in [0.3, 0.4) is 0 Å². The van der Waals surface area contributed by atoms with Gasteiger partial charge in [-0.3, -0.25) is 4.68 Å². The lowest BCUT2D eigenvalue weighted by atomic mass is 10.2. The Labute approximate surface area is 124 Å². The molecule has 1 aromatic carbocycles. The minimum atomic E-state index is 0.218. The van der Waals surface area contributed by atoms with Crippen LogP contribution in [0.15, 0.2) is 36.5 Å². The summed E-state index contributed by atoms with van der Waals surface area (Å²) < 4.78 is 4.08. The van der Waals surface area contributed by atoms with Crippen molar-refractivity contribution in [3.8, 4) is 0 Å². The molecule has 0 aliphatic carbocycles. The Morgan fingerprint density at radius 1 is 1.19 bits per heavy atom. The molecule has 0 saturated heterocycles. The van der Waals surface area contributed by atoms with Crippen molar-refractivity contribution in [3.63, 3.8) is 0 Å². The number of fused-ring (bicyclic) bond motifs is 1. The van der Waals surface area contributed by atoms with E-state index in [4.69, 9.17) is 4.98 Å². The van der Waals surface area contributed by atoms with Crippen molar-refractivity contribution in [3.05, 3.63) is 48.0 Å². The lowest BCUT2D eigenvalue weighted by Crippen LogP contribution is -2.24. The van der Waals surface area contributed by atoms with E-state index in [9.17, 15) is 0 Å². The van der Waals surface area contributed by atoms with Crippen molar-refractivity contribution in [2.24, 2.45) is 14.1 Å². The highest BCUT2D eigenvalue weighted by molar-refractivity contribution is 5.75. The van der Waals surface area contributed by atoms with E-state index in [0.29, 0.717) is 0 Å². The van der Waals surface area contributed by atoms with Gasteiger partial charge in [0.2, 0.25) is 0 Å². The first kappa shape index (κ1) is 13.8. The smallest absolute Gasteiger partial charge is 0.126 e. The Bertz CT molecular complexity index is 740. The Morgan fingerprint density at radius 3 is 2.71 bits per heavy atom. The first-order chi connectivity index (χ1) is 10.2. The number of aromatic nitrogens is 4. The molecule has 3 rings (SSSR count). The Kier molecular flexibility index (Phi) is 3.75. The molecule has 3 aromatic rings. The van der Waals surface area contributed by atoms with E-state index in [1.807, 2.05) is 30.1 Å². The lowest BCUT2D eigenvalue weighted by molar-refractivity contribution is 0.528. The highest BCUT2D eigenvalue weighted by atomic mass is 15.3. The van der Waals surface area contributed by atoms with Crippen LogP contribution >= 0.6 is 0 Å². The number of hydrogen-bond donors (Lipinski definition) is 1. The summed E-state index contributed by atoms with van der Waals surface area (Å²) in [5.74, 6) is 1.07. The van der Waals surface area contributed by atoms with Crippen molar-refractivity contribution in [1.29, 1.82) is 0 Å². The number of nitrogens with one attached hydrogen (secondary N) is 1. The molecule has 1 N–H and O–H groups in total. The Balaban J connectivity index is 1.68. The number of imidazole rings is 1. The highest BCUT2D eigenvalue weighted by Crippen LogP contribution is 2.18. The number of para-hydroxylation sites is 2. The number of hydrogen-bond acceptors (Lipinski definition) is 3. The topological polar surface area (TPSA) is 47.7 Å². The van der Waals surface area contributed by atoms with E-state index in [1.54, 1.807) is 0 Å². The molecule has 2 heterocycles. The maximum atomic E-state index is 4.73. The van der Waals surface area contributed by atoms with Crippen LogP contribution in [0.1, 0.15) is 24.5 Å².